The van der Waals surface area contributed by atoms with E-state index in [1.54, 1.807) is 0 Å². The fraction of sp³-hybridized carbons (Fsp3) is 0.636. The molecule has 0 spiro atoms. The molecule has 9 nitrogen and oxygen atoms in total. The predicted octanol–water partition coefficient (Wildman–Crippen LogP) is -0.781. The average Bonchev–Trinajstić information content (AvgIpc) is 2.78. The van der Waals surface area contributed by atoms with Crippen LogP contribution in [0.5, 0.6) is 0 Å². The van der Waals surface area contributed by atoms with E-state index >= 15 is 0 Å². The second-order valence-corrected chi connectivity index (χ2v) is 6.83. The maximum absolute atomic E-state index is 11.7. The van der Waals surface area contributed by atoms with Gasteiger partial charge in [0.05, 0.1) is 23.7 Å². The number of carboxylic acids is 1. The highest BCUT2D eigenvalue weighted by Crippen LogP contribution is 2.09. The highest BCUT2D eigenvalue weighted by atomic mass is 32.2. The number of nitrogens with zero attached hydrogens (tertiary/aromatic N) is 3. The molecule has 21 heavy (non-hydrogen) atoms. The Labute approximate surface area is 122 Å². The van der Waals surface area contributed by atoms with Gasteiger partial charge in [-0.15, -0.1) is 5.10 Å². The molecule has 0 radical (unpaired) electrons. The minimum absolute atomic E-state index is 0.00327. The Morgan fingerprint density at radius 3 is 2.52 bits per heavy atom. The lowest BCUT2D eigenvalue weighted by Gasteiger charge is -2.06. The number of rotatable bonds is 9. The van der Waals surface area contributed by atoms with E-state index in [0.29, 0.717) is 18.5 Å². The summed E-state index contributed by atoms with van der Waals surface area (Å²) in [6.45, 7) is 1.86. The number of primary amides is 1. The first-order chi connectivity index (χ1) is 9.76. The third kappa shape index (κ3) is 5.14. The van der Waals surface area contributed by atoms with E-state index in [-0.39, 0.29) is 30.2 Å². The quantitative estimate of drug-likeness (QED) is 0.607. The van der Waals surface area contributed by atoms with Crippen molar-refractivity contribution < 1.29 is 23.1 Å². The van der Waals surface area contributed by atoms with E-state index in [1.165, 1.54) is 4.68 Å². The lowest BCUT2D eigenvalue weighted by molar-refractivity contribution is -0.117. The summed E-state index contributed by atoms with van der Waals surface area (Å²) in [6, 6.07) is 0. The Morgan fingerprint density at radius 2 is 2.00 bits per heavy atom. The van der Waals surface area contributed by atoms with Crippen molar-refractivity contribution in [3.8, 4) is 0 Å². The van der Waals surface area contributed by atoms with Gasteiger partial charge >= 0.3 is 5.97 Å². The van der Waals surface area contributed by atoms with Crippen molar-refractivity contribution in [1.82, 2.24) is 15.0 Å². The molecule has 0 saturated carbocycles. The Morgan fingerprint density at radius 1 is 1.33 bits per heavy atom. The second-order valence-electron chi connectivity index (χ2n) is 4.53. The lowest BCUT2D eigenvalue weighted by atomic mass is 10.2. The Kier molecular flexibility index (Phi) is 5.82. The second kappa shape index (κ2) is 7.16. The van der Waals surface area contributed by atoms with Crippen molar-refractivity contribution in [2.75, 3.05) is 11.5 Å². The van der Waals surface area contributed by atoms with Gasteiger partial charge < -0.3 is 10.8 Å². The maximum atomic E-state index is 11.7. The molecule has 0 aliphatic carbocycles. The number of carbonyl (C=O) groups is 2. The van der Waals surface area contributed by atoms with Crippen LogP contribution in [0, 0.1) is 0 Å². The molecule has 3 N–H and O–H groups in total. The molecule has 1 aromatic heterocycles. The molecular formula is C11H18N4O5S. The first-order valence-corrected chi connectivity index (χ1v) is 8.23. The molecule has 1 rings (SSSR count). The highest BCUT2D eigenvalue weighted by Gasteiger charge is 2.20. The number of sulfone groups is 1. The summed E-state index contributed by atoms with van der Waals surface area (Å²) < 4.78 is 24.8. The van der Waals surface area contributed by atoms with Crippen LogP contribution in [0.3, 0.4) is 0 Å². The van der Waals surface area contributed by atoms with E-state index in [0.717, 1.165) is 0 Å². The fourth-order valence-electron chi connectivity index (χ4n) is 1.75. The minimum Gasteiger partial charge on any atom is -0.476 e. The number of amides is 1. The molecule has 1 aromatic rings. The van der Waals surface area contributed by atoms with Gasteiger partial charge in [0.1, 0.15) is 0 Å². The summed E-state index contributed by atoms with van der Waals surface area (Å²) in [6.07, 6.45) is 0.889. The van der Waals surface area contributed by atoms with Crippen molar-refractivity contribution in [3.05, 3.63) is 11.4 Å². The topological polar surface area (TPSA) is 145 Å². The fourth-order valence-corrected chi connectivity index (χ4v) is 2.91. The molecule has 0 aliphatic rings. The van der Waals surface area contributed by atoms with Crippen LogP contribution in [-0.2, 0) is 27.6 Å². The van der Waals surface area contributed by atoms with Gasteiger partial charge in [-0.05, 0) is 6.42 Å². The van der Waals surface area contributed by atoms with Crippen LogP contribution in [0.15, 0.2) is 0 Å². The molecule has 0 saturated heterocycles. The van der Waals surface area contributed by atoms with E-state index in [4.69, 9.17) is 10.8 Å². The number of hydrogen-bond acceptors (Lipinski definition) is 6. The Balaban J connectivity index is 2.79. The molecule has 10 heteroatoms. The van der Waals surface area contributed by atoms with Crippen molar-refractivity contribution in [3.63, 3.8) is 0 Å². The minimum atomic E-state index is -3.45. The van der Waals surface area contributed by atoms with Gasteiger partial charge in [-0.1, -0.05) is 18.6 Å². The number of aromatic carboxylic acids is 1. The van der Waals surface area contributed by atoms with Crippen LogP contribution in [0.25, 0.3) is 0 Å². The summed E-state index contributed by atoms with van der Waals surface area (Å²) >= 11 is 0. The number of aromatic nitrogens is 3. The predicted molar refractivity (Wildman–Crippen MR) is 73.4 cm³/mol. The van der Waals surface area contributed by atoms with E-state index in [2.05, 4.69) is 10.3 Å². The van der Waals surface area contributed by atoms with Gasteiger partial charge in [0.25, 0.3) is 0 Å². The largest absolute Gasteiger partial charge is 0.476 e. The van der Waals surface area contributed by atoms with Crippen LogP contribution in [0.2, 0.25) is 0 Å². The highest BCUT2D eigenvalue weighted by molar-refractivity contribution is 7.91. The van der Waals surface area contributed by atoms with Gasteiger partial charge in [-0.3, -0.25) is 4.79 Å². The number of nitrogens with two attached hydrogens (primary N) is 1. The first-order valence-electron chi connectivity index (χ1n) is 6.41. The molecule has 0 aromatic carbocycles. The van der Waals surface area contributed by atoms with Gasteiger partial charge in [-0.2, -0.15) is 0 Å². The monoisotopic (exact) mass is 318 g/mol. The summed E-state index contributed by atoms with van der Waals surface area (Å²) in [5.74, 6) is -2.45. The molecular weight excluding hydrogens is 300 g/mol. The molecule has 0 unspecified atom stereocenters. The van der Waals surface area contributed by atoms with Crippen LogP contribution in [-0.4, -0.2) is 51.9 Å². The van der Waals surface area contributed by atoms with Crippen molar-refractivity contribution in [1.29, 1.82) is 0 Å². The number of aryl methyl sites for hydroxylation is 1. The SMILES string of the molecule is CCCc1c(C(=O)O)nnn1CCS(=O)(=O)CCC(N)=O. The summed E-state index contributed by atoms with van der Waals surface area (Å²) in [5.41, 5.74) is 5.15. The molecule has 1 amide bonds. The summed E-state index contributed by atoms with van der Waals surface area (Å²) in [4.78, 5) is 21.6. The van der Waals surface area contributed by atoms with Gasteiger partial charge in [0, 0.05) is 6.42 Å². The molecule has 118 valence electrons. The standard InChI is InChI=1S/C11H18N4O5S/c1-2-3-8-10(11(17)18)13-14-15(8)5-7-21(19,20)6-4-9(12)16/h2-7H2,1H3,(H2,12,16)(H,17,18). The smallest absolute Gasteiger partial charge is 0.358 e. The average molecular weight is 318 g/mol. The Bertz CT molecular complexity index is 623. The van der Waals surface area contributed by atoms with Crippen molar-refractivity contribution >= 4 is 21.7 Å². The van der Waals surface area contributed by atoms with Crippen LogP contribution < -0.4 is 5.73 Å². The maximum Gasteiger partial charge on any atom is 0.358 e. The number of hydrogen-bond donors (Lipinski definition) is 2. The van der Waals surface area contributed by atoms with Gasteiger partial charge in [-0.25, -0.2) is 17.9 Å². The third-order valence-corrected chi connectivity index (χ3v) is 4.43. The van der Waals surface area contributed by atoms with Crippen molar-refractivity contribution in [2.24, 2.45) is 5.73 Å². The van der Waals surface area contributed by atoms with Crippen LogP contribution >= 0.6 is 0 Å². The molecule has 0 atom stereocenters. The zero-order valence-corrected chi connectivity index (χ0v) is 12.5. The van der Waals surface area contributed by atoms with E-state index in [1.807, 2.05) is 6.92 Å². The van der Waals surface area contributed by atoms with E-state index in [9.17, 15) is 18.0 Å². The summed E-state index contributed by atoms with van der Waals surface area (Å²) in [5, 5.41) is 16.2. The van der Waals surface area contributed by atoms with E-state index < -0.39 is 21.7 Å². The normalized spacial score (nSPS) is 11.5. The Hall–Kier alpha value is -1.97. The van der Waals surface area contributed by atoms with Crippen LogP contribution in [0.4, 0.5) is 0 Å². The molecule has 0 bridgehead atoms. The number of carboxylic acid groups (broad SMARTS) is 1. The molecule has 1 heterocycles. The zero-order chi connectivity index (χ0) is 16.0. The first kappa shape index (κ1) is 17.1. The summed E-state index contributed by atoms with van der Waals surface area (Å²) in [7, 11) is -3.45. The zero-order valence-electron chi connectivity index (χ0n) is 11.7. The lowest BCUT2D eigenvalue weighted by Crippen LogP contribution is -2.22. The van der Waals surface area contributed by atoms with Gasteiger partial charge in [0.15, 0.2) is 15.5 Å². The van der Waals surface area contributed by atoms with Crippen LogP contribution in [0.1, 0.15) is 35.9 Å². The molecule has 0 fully saturated rings. The third-order valence-electron chi connectivity index (χ3n) is 2.80. The molecule has 0 aliphatic heterocycles. The number of carbonyl (C=O) groups excluding carboxylic acids is 1. The van der Waals surface area contributed by atoms with Gasteiger partial charge in [0.2, 0.25) is 5.91 Å². The van der Waals surface area contributed by atoms with Crippen molar-refractivity contribution in [2.45, 2.75) is 32.7 Å².